The SMILES string of the molecule is CCCCC(=O)OC(=O)/C=C/c1cnc[nH]1. The molecule has 0 amide bonds. The number of aromatic amines is 1. The zero-order valence-electron chi connectivity index (χ0n) is 9.10. The Morgan fingerprint density at radius 2 is 2.38 bits per heavy atom. The van der Waals surface area contributed by atoms with Crippen molar-refractivity contribution in [2.75, 3.05) is 0 Å². The summed E-state index contributed by atoms with van der Waals surface area (Å²) in [5.74, 6) is -1.14. The molecule has 0 atom stereocenters. The molecule has 1 heterocycles. The molecule has 0 radical (unpaired) electrons. The maximum Gasteiger partial charge on any atom is 0.338 e. The van der Waals surface area contributed by atoms with Crippen molar-refractivity contribution in [3.63, 3.8) is 0 Å². The van der Waals surface area contributed by atoms with Crippen molar-refractivity contribution in [2.45, 2.75) is 26.2 Å². The van der Waals surface area contributed by atoms with Crippen LogP contribution in [0.4, 0.5) is 0 Å². The fourth-order valence-corrected chi connectivity index (χ4v) is 1.03. The summed E-state index contributed by atoms with van der Waals surface area (Å²) in [6, 6.07) is 0. The second-order valence-corrected chi connectivity index (χ2v) is 3.24. The van der Waals surface area contributed by atoms with Crippen LogP contribution >= 0.6 is 0 Å². The highest BCUT2D eigenvalue weighted by molar-refractivity contribution is 5.94. The van der Waals surface area contributed by atoms with Gasteiger partial charge in [-0.3, -0.25) is 4.79 Å². The van der Waals surface area contributed by atoms with Crippen LogP contribution in [0.5, 0.6) is 0 Å². The van der Waals surface area contributed by atoms with Crippen molar-refractivity contribution in [1.82, 2.24) is 9.97 Å². The third-order valence-corrected chi connectivity index (χ3v) is 1.87. The summed E-state index contributed by atoms with van der Waals surface area (Å²) in [4.78, 5) is 28.8. The van der Waals surface area contributed by atoms with Gasteiger partial charge in [-0.2, -0.15) is 0 Å². The fraction of sp³-hybridized carbons (Fsp3) is 0.364. The van der Waals surface area contributed by atoms with Crippen LogP contribution in [-0.4, -0.2) is 21.9 Å². The quantitative estimate of drug-likeness (QED) is 0.467. The average molecular weight is 222 g/mol. The van der Waals surface area contributed by atoms with E-state index in [0.29, 0.717) is 5.69 Å². The number of H-pyrrole nitrogens is 1. The molecule has 1 N–H and O–H groups in total. The Kier molecular flexibility index (Phi) is 4.98. The maximum absolute atomic E-state index is 11.1. The fourth-order valence-electron chi connectivity index (χ4n) is 1.03. The molecule has 5 heteroatoms. The summed E-state index contributed by atoms with van der Waals surface area (Å²) in [5.41, 5.74) is 0.679. The Bertz CT molecular complexity index is 369. The number of nitrogens with one attached hydrogen (secondary N) is 1. The Balaban J connectivity index is 2.33. The minimum absolute atomic E-state index is 0.278. The van der Waals surface area contributed by atoms with Gasteiger partial charge in [0.25, 0.3) is 0 Å². The monoisotopic (exact) mass is 222 g/mol. The molecule has 86 valence electrons. The predicted octanol–water partition coefficient (Wildman–Crippen LogP) is 1.68. The van der Waals surface area contributed by atoms with Crippen molar-refractivity contribution in [1.29, 1.82) is 0 Å². The highest BCUT2D eigenvalue weighted by atomic mass is 16.6. The molecule has 0 aliphatic heterocycles. The third-order valence-electron chi connectivity index (χ3n) is 1.87. The van der Waals surface area contributed by atoms with Crippen molar-refractivity contribution >= 4 is 18.0 Å². The number of unbranched alkanes of at least 4 members (excludes halogenated alkanes) is 1. The smallest absolute Gasteiger partial charge is 0.338 e. The first kappa shape index (κ1) is 12.2. The van der Waals surface area contributed by atoms with Gasteiger partial charge in [0.2, 0.25) is 0 Å². The molecule has 0 aliphatic rings. The highest BCUT2D eigenvalue weighted by Crippen LogP contribution is 1.99. The molecule has 0 saturated carbocycles. The van der Waals surface area contributed by atoms with E-state index >= 15 is 0 Å². The summed E-state index contributed by atoms with van der Waals surface area (Å²) in [6.45, 7) is 1.97. The number of nitrogens with zero attached hydrogens (tertiary/aromatic N) is 1. The summed E-state index contributed by atoms with van der Waals surface area (Å²) in [7, 11) is 0. The second-order valence-electron chi connectivity index (χ2n) is 3.24. The van der Waals surface area contributed by atoms with Crippen LogP contribution in [0, 0.1) is 0 Å². The molecule has 1 rings (SSSR count). The van der Waals surface area contributed by atoms with Crippen LogP contribution in [0.2, 0.25) is 0 Å². The average Bonchev–Trinajstić information content (AvgIpc) is 2.76. The molecule has 16 heavy (non-hydrogen) atoms. The topological polar surface area (TPSA) is 72.1 Å². The van der Waals surface area contributed by atoms with Gasteiger partial charge in [-0.25, -0.2) is 9.78 Å². The van der Waals surface area contributed by atoms with E-state index in [1.807, 2.05) is 6.92 Å². The first-order valence-electron chi connectivity index (χ1n) is 5.13. The van der Waals surface area contributed by atoms with Crippen molar-refractivity contribution in [3.05, 3.63) is 24.3 Å². The molecule has 0 aromatic carbocycles. The van der Waals surface area contributed by atoms with E-state index in [1.54, 1.807) is 6.20 Å². The standard InChI is InChI=1S/C11H14N2O3/c1-2-3-4-10(14)16-11(15)6-5-9-7-12-8-13-9/h5-8H,2-4H2,1H3,(H,12,13)/b6-5+. The Labute approximate surface area is 93.5 Å². The largest absolute Gasteiger partial charge is 0.390 e. The number of imidazole rings is 1. The van der Waals surface area contributed by atoms with E-state index in [0.717, 1.165) is 12.8 Å². The summed E-state index contributed by atoms with van der Waals surface area (Å²) < 4.78 is 4.55. The van der Waals surface area contributed by atoms with E-state index in [9.17, 15) is 9.59 Å². The van der Waals surface area contributed by atoms with E-state index in [-0.39, 0.29) is 6.42 Å². The molecular weight excluding hydrogens is 208 g/mol. The maximum atomic E-state index is 11.1. The highest BCUT2D eigenvalue weighted by Gasteiger charge is 2.06. The predicted molar refractivity (Wildman–Crippen MR) is 58.2 cm³/mol. The number of hydrogen-bond donors (Lipinski definition) is 1. The lowest BCUT2D eigenvalue weighted by Gasteiger charge is -1.97. The van der Waals surface area contributed by atoms with Crippen molar-refractivity contribution in [2.24, 2.45) is 0 Å². The van der Waals surface area contributed by atoms with Gasteiger partial charge in [-0.05, 0) is 12.5 Å². The van der Waals surface area contributed by atoms with Gasteiger partial charge in [0.1, 0.15) is 0 Å². The van der Waals surface area contributed by atoms with Crippen LogP contribution in [0.1, 0.15) is 31.9 Å². The number of carbonyl (C=O) groups is 2. The molecule has 1 aromatic rings. The molecule has 1 aromatic heterocycles. The van der Waals surface area contributed by atoms with Crippen LogP contribution in [0.25, 0.3) is 6.08 Å². The third kappa shape index (κ3) is 4.54. The molecule has 0 bridgehead atoms. The lowest BCUT2D eigenvalue weighted by atomic mass is 10.2. The van der Waals surface area contributed by atoms with E-state index < -0.39 is 11.9 Å². The van der Waals surface area contributed by atoms with Gasteiger partial charge in [0.15, 0.2) is 0 Å². The minimum atomic E-state index is -0.657. The zero-order chi connectivity index (χ0) is 11.8. The molecule has 5 nitrogen and oxygen atoms in total. The lowest BCUT2D eigenvalue weighted by molar-refractivity contribution is -0.156. The molecule has 0 saturated heterocycles. The number of esters is 2. The molecular formula is C11H14N2O3. The minimum Gasteiger partial charge on any atom is -0.390 e. The Morgan fingerprint density at radius 3 is 3.00 bits per heavy atom. The van der Waals surface area contributed by atoms with Gasteiger partial charge in [0.05, 0.1) is 18.2 Å². The first-order chi connectivity index (χ1) is 7.72. The van der Waals surface area contributed by atoms with Gasteiger partial charge < -0.3 is 9.72 Å². The lowest BCUT2D eigenvalue weighted by Crippen LogP contribution is -2.09. The summed E-state index contributed by atoms with van der Waals surface area (Å²) in [6.07, 6.45) is 7.66. The number of ether oxygens (including phenoxy) is 1. The molecule has 0 spiro atoms. The van der Waals surface area contributed by atoms with Gasteiger partial charge in [-0.1, -0.05) is 13.3 Å². The Hall–Kier alpha value is -1.91. The van der Waals surface area contributed by atoms with Crippen LogP contribution in [0.15, 0.2) is 18.6 Å². The van der Waals surface area contributed by atoms with Gasteiger partial charge in [-0.15, -0.1) is 0 Å². The molecule has 0 unspecified atom stereocenters. The Morgan fingerprint density at radius 1 is 1.56 bits per heavy atom. The van der Waals surface area contributed by atoms with Gasteiger partial charge >= 0.3 is 11.9 Å². The number of aromatic nitrogens is 2. The van der Waals surface area contributed by atoms with Crippen LogP contribution < -0.4 is 0 Å². The van der Waals surface area contributed by atoms with E-state index in [2.05, 4.69) is 14.7 Å². The summed E-state index contributed by atoms with van der Waals surface area (Å²) in [5, 5.41) is 0. The number of rotatable bonds is 5. The first-order valence-corrected chi connectivity index (χ1v) is 5.13. The van der Waals surface area contributed by atoms with Crippen LogP contribution in [-0.2, 0) is 14.3 Å². The number of hydrogen-bond acceptors (Lipinski definition) is 4. The van der Waals surface area contributed by atoms with Crippen LogP contribution in [0.3, 0.4) is 0 Å². The van der Waals surface area contributed by atoms with E-state index in [1.165, 1.54) is 18.5 Å². The second kappa shape index (κ2) is 6.55. The number of carbonyl (C=O) groups excluding carboxylic acids is 2. The van der Waals surface area contributed by atoms with Crippen molar-refractivity contribution < 1.29 is 14.3 Å². The summed E-state index contributed by atoms with van der Waals surface area (Å²) >= 11 is 0. The zero-order valence-corrected chi connectivity index (χ0v) is 9.10. The van der Waals surface area contributed by atoms with E-state index in [4.69, 9.17) is 0 Å². The normalized spacial score (nSPS) is 10.6. The van der Waals surface area contributed by atoms with Crippen molar-refractivity contribution in [3.8, 4) is 0 Å². The molecule has 0 aliphatic carbocycles. The molecule has 0 fully saturated rings. The van der Waals surface area contributed by atoms with Gasteiger partial charge in [0, 0.05) is 12.5 Å².